The van der Waals surface area contributed by atoms with E-state index in [1.54, 1.807) is 6.07 Å². The third-order valence-corrected chi connectivity index (χ3v) is 2.78. The molecule has 18 heavy (non-hydrogen) atoms. The summed E-state index contributed by atoms with van der Waals surface area (Å²) >= 11 is 5.97. The molecule has 0 aliphatic carbocycles. The van der Waals surface area contributed by atoms with Crippen molar-refractivity contribution in [2.24, 2.45) is 0 Å². The van der Waals surface area contributed by atoms with E-state index in [0.29, 0.717) is 24.0 Å². The van der Waals surface area contributed by atoms with Gasteiger partial charge in [-0.05, 0) is 31.2 Å². The summed E-state index contributed by atoms with van der Waals surface area (Å²) in [5.74, 6) is 1.54. The minimum absolute atomic E-state index is 0.470. The molecule has 0 saturated heterocycles. The standard InChI is InChI=1S/C15H15ClO2/c1-12-6-8-13(9-7-12)17-10-11-18-15-5-3-2-4-14(15)16/h2-9H,10-11H2,1H3. The van der Waals surface area contributed by atoms with E-state index in [1.165, 1.54) is 5.56 Å². The van der Waals surface area contributed by atoms with Crippen LogP contribution in [-0.4, -0.2) is 13.2 Å². The molecular formula is C15H15ClO2. The highest BCUT2D eigenvalue weighted by Crippen LogP contribution is 2.22. The van der Waals surface area contributed by atoms with Crippen molar-refractivity contribution in [2.75, 3.05) is 13.2 Å². The minimum atomic E-state index is 0.470. The lowest BCUT2D eigenvalue weighted by Crippen LogP contribution is -2.09. The number of ether oxygens (including phenoxy) is 2. The van der Waals surface area contributed by atoms with E-state index in [4.69, 9.17) is 21.1 Å². The first-order valence-corrected chi connectivity index (χ1v) is 6.20. The van der Waals surface area contributed by atoms with Crippen LogP contribution in [0.2, 0.25) is 5.02 Å². The summed E-state index contributed by atoms with van der Waals surface area (Å²) in [6.07, 6.45) is 0. The highest BCUT2D eigenvalue weighted by Gasteiger charge is 1.99. The van der Waals surface area contributed by atoms with Gasteiger partial charge in [0.25, 0.3) is 0 Å². The molecule has 0 N–H and O–H groups in total. The first-order valence-electron chi connectivity index (χ1n) is 5.82. The van der Waals surface area contributed by atoms with E-state index < -0.39 is 0 Å². The fourth-order valence-corrected chi connectivity index (χ4v) is 1.70. The Morgan fingerprint density at radius 3 is 2.28 bits per heavy atom. The Morgan fingerprint density at radius 2 is 1.56 bits per heavy atom. The molecule has 0 atom stereocenters. The minimum Gasteiger partial charge on any atom is -0.490 e. The molecule has 0 amide bonds. The number of hydrogen-bond acceptors (Lipinski definition) is 2. The van der Waals surface area contributed by atoms with Crippen molar-refractivity contribution < 1.29 is 9.47 Å². The second-order valence-corrected chi connectivity index (χ2v) is 4.35. The summed E-state index contributed by atoms with van der Waals surface area (Å²) in [4.78, 5) is 0. The zero-order chi connectivity index (χ0) is 12.8. The molecule has 2 nitrogen and oxygen atoms in total. The highest BCUT2D eigenvalue weighted by molar-refractivity contribution is 6.32. The molecule has 2 aromatic carbocycles. The Labute approximate surface area is 112 Å². The van der Waals surface area contributed by atoms with E-state index in [-0.39, 0.29) is 0 Å². The first-order chi connectivity index (χ1) is 8.75. The van der Waals surface area contributed by atoms with Crippen LogP contribution in [0.3, 0.4) is 0 Å². The SMILES string of the molecule is Cc1ccc(OCCOc2ccccc2Cl)cc1. The second-order valence-electron chi connectivity index (χ2n) is 3.94. The van der Waals surface area contributed by atoms with Crippen molar-refractivity contribution in [3.63, 3.8) is 0 Å². The molecule has 0 unspecified atom stereocenters. The molecular weight excluding hydrogens is 248 g/mol. The predicted molar refractivity (Wildman–Crippen MR) is 73.6 cm³/mol. The van der Waals surface area contributed by atoms with Gasteiger partial charge in [0.2, 0.25) is 0 Å². The Hall–Kier alpha value is -1.67. The number of halogens is 1. The Bertz CT molecular complexity index is 494. The summed E-state index contributed by atoms with van der Waals surface area (Å²) in [5, 5.41) is 0.618. The van der Waals surface area contributed by atoms with Crippen molar-refractivity contribution in [3.8, 4) is 11.5 Å². The van der Waals surface area contributed by atoms with Crippen molar-refractivity contribution in [1.82, 2.24) is 0 Å². The van der Waals surface area contributed by atoms with Gasteiger partial charge in [0, 0.05) is 0 Å². The van der Waals surface area contributed by atoms with Crippen LogP contribution in [0.5, 0.6) is 11.5 Å². The maximum Gasteiger partial charge on any atom is 0.138 e. The van der Waals surface area contributed by atoms with Crippen LogP contribution in [0.4, 0.5) is 0 Å². The monoisotopic (exact) mass is 262 g/mol. The largest absolute Gasteiger partial charge is 0.490 e. The average molecular weight is 263 g/mol. The number of hydrogen-bond donors (Lipinski definition) is 0. The van der Waals surface area contributed by atoms with Gasteiger partial charge in [-0.15, -0.1) is 0 Å². The van der Waals surface area contributed by atoms with Gasteiger partial charge in [-0.2, -0.15) is 0 Å². The Balaban J connectivity index is 1.76. The molecule has 3 heteroatoms. The Kier molecular flexibility index (Phi) is 4.48. The van der Waals surface area contributed by atoms with Gasteiger partial charge in [0.15, 0.2) is 0 Å². The van der Waals surface area contributed by atoms with Gasteiger partial charge in [-0.25, -0.2) is 0 Å². The zero-order valence-corrected chi connectivity index (χ0v) is 11.0. The third-order valence-electron chi connectivity index (χ3n) is 2.47. The van der Waals surface area contributed by atoms with E-state index >= 15 is 0 Å². The lowest BCUT2D eigenvalue weighted by atomic mass is 10.2. The van der Waals surface area contributed by atoms with Crippen LogP contribution in [-0.2, 0) is 0 Å². The number of para-hydroxylation sites is 1. The predicted octanol–water partition coefficient (Wildman–Crippen LogP) is 4.11. The molecule has 0 saturated carbocycles. The average Bonchev–Trinajstić information content (AvgIpc) is 2.39. The summed E-state index contributed by atoms with van der Waals surface area (Å²) in [7, 11) is 0. The van der Waals surface area contributed by atoms with Crippen LogP contribution in [0.25, 0.3) is 0 Å². The zero-order valence-electron chi connectivity index (χ0n) is 10.2. The molecule has 0 heterocycles. The van der Waals surface area contributed by atoms with E-state index in [2.05, 4.69) is 0 Å². The van der Waals surface area contributed by atoms with Crippen molar-refractivity contribution in [3.05, 3.63) is 59.1 Å². The summed E-state index contributed by atoms with van der Waals surface area (Å²) in [6, 6.07) is 15.3. The van der Waals surface area contributed by atoms with Crippen LogP contribution in [0.15, 0.2) is 48.5 Å². The van der Waals surface area contributed by atoms with Crippen LogP contribution in [0, 0.1) is 6.92 Å². The third kappa shape index (κ3) is 3.67. The second kappa shape index (κ2) is 6.31. The highest BCUT2D eigenvalue weighted by atomic mass is 35.5. The van der Waals surface area contributed by atoms with Gasteiger partial charge in [-0.1, -0.05) is 41.4 Å². The fourth-order valence-electron chi connectivity index (χ4n) is 1.51. The molecule has 2 aromatic rings. The summed E-state index contributed by atoms with van der Waals surface area (Å²) in [5.41, 5.74) is 1.22. The quantitative estimate of drug-likeness (QED) is 0.755. The normalized spacial score (nSPS) is 10.1. The van der Waals surface area contributed by atoms with Crippen LogP contribution < -0.4 is 9.47 Å². The smallest absolute Gasteiger partial charge is 0.138 e. The molecule has 0 bridgehead atoms. The van der Waals surface area contributed by atoms with E-state index in [0.717, 1.165) is 5.75 Å². The van der Waals surface area contributed by atoms with E-state index in [9.17, 15) is 0 Å². The fraction of sp³-hybridized carbons (Fsp3) is 0.200. The number of rotatable bonds is 5. The number of benzene rings is 2. The van der Waals surface area contributed by atoms with Crippen molar-refractivity contribution >= 4 is 11.6 Å². The summed E-state index contributed by atoms with van der Waals surface area (Å²) in [6.45, 7) is 3.01. The summed E-state index contributed by atoms with van der Waals surface area (Å²) < 4.78 is 11.1. The molecule has 0 aliphatic heterocycles. The molecule has 2 rings (SSSR count). The van der Waals surface area contributed by atoms with Gasteiger partial charge >= 0.3 is 0 Å². The lowest BCUT2D eigenvalue weighted by molar-refractivity contribution is 0.217. The maximum absolute atomic E-state index is 5.97. The molecule has 0 aromatic heterocycles. The topological polar surface area (TPSA) is 18.5 Å². The molecule has 0 fully saturated rings. The molecule has 0 radical (unpaired) electrons. The van der Waals surface area contributed by atoms with Crippen LogP contribution in [0.1, 0.15) is 5.56 Å². The molecule has 94 valence electrons. The van der Waals surface area contributed by atoms with Gasteiger partial charge in [-0.3, -0.25) is 0 Å². The Morgan fingerprint density at radius 1 is 0.889 bits per heavy atom. The van der Waals surface area contributed by atoms with Crippen molar-refractivity contribution in [1.29, 1.82) is 0 Å². The van der Waals surface area contributed by atoms with E-state index in [1.807, 2.05) is 49.4 Å². The lowest BCUT2D eigenvalue weighted by Gasteiger charge is -2.09. The maximum atomic E-state index is 5.97. The van der Waals surface area contributed by atoms with Crippen LogP contribution >= 0.6 is 11.6 Å². The van der Waals surface area contributed by atoms with Crippen molar-refractivity contribution in [2.45, 2.75) is 6.92 Å². The van der Waals surface area contributed by atoms with Gasteiger partial charge in [0.05, 0.1) is 5.02 Å². The molecule has 0 aliphatic rings. The van der Waals surface area contributed by atoms with Gasteiger partial charge < -0.3 is 9.47 Å². The number of aryl methyl sites for hydroxylation is 1. The van der Waals surface area contributed by atoms with Gasteiger partial charge in [0.1, 0.15) is 24.7 Å². The molecule has 0 spiro atoms. The first kappa shape index (κ1) is 12.8.